The van der Waals surface area contributed by atoms with Crippen molar-refractivity contribution >= 4 is 16.5 Å². The molecule has 0 heterocycles. The fourth-order valence-electron chi connectivity index (χ4n) is 6.77. The van der Waals surface area contributed by atoms with Crippen molar-refractivity contribution in [2.24, 2.45) is 5.41 Å². The standard InChI is InChI=1S/C38H41N/c1-23-19-26(38(5,6)7)21-32(23)36(29-14-10-12-24-11-8-9-13-28(24)29)35-30-17-15-25(37(2,3)4)20-33(30)34-22-27(39)16-18-31(34)35/h8-18,20-22,35-36H,19,39H2,1-7H3. The van der Waals surface area contributed by atoms with E-state index in [1.54, 1.807) is 0 Å². The second kappa shape index (κ2) is 8.98. The molecule has 0 saturated heterocycles. The minimum atomic E-state index is 0.0809. The normalized spacial score (nSPS) is 17.8. The summed E-state index contributed by atoms with van der Waals surface area (Å²) >= 11 is 0. The molecular weight excluding hydrogens is 470 g/mol. The second-order valence-corrected chi connectivity index (χ2v) is 13.8. The molecule has 1 heteroatoms. The van der Waals surface area contributed by atoms with Crippen LogP contribution in [0.15, 0.2) is 102 Å². The van der Waals surface area contributed by atoms with Gasteiger partial charge in [-0.05, 0) is 86.0 Å². The van der Waals surface area contributed by atoms with Crippen LogP contribution < -0.4 is 5.73 Å². The first-order chi connectivity index (χ1) is 18.4. The van der Waals surface area contributed by atoms with Crippen LogP contribution in [0.3, 0.4) is 0 Å². The summed E-state index contributed by atoms with van der Waals surface area (Å²) in [5.74, 6) is 0.427. The highest BCUT2D eigenvalue weighted by Crippen LogP contribution is 2.57. The van der Waals surface area contributed by atoms with Crippen molar-refractivity contribution in [3.63, 3.8) is 0 Å². The lowest BCUT2D eigenvalue weighted by atomic mass is 9.73. The van der Waals surface area contributed by atoms with Crippen LogP contribution in [0.25, 0.3) is 21.9 Å². The zero-order chi connectivity index (χ0) is 27.7. The fourth-order valence-corrected chi connectivity index (χ4v) is 6.77. The van der Waals surface area contributed by atoms with Crippen LogP contribution >= 0.6 is 0 Å². The Labute approximate surface area is 234 Å². The van der Waals surface area contributed by atoms with Crippen LogP contribution in [0.2, 0.25) is 0 Å². The smallest absolute Gasteiger partial charge is 0.0320 e. The molecule has 2 N–H and O–H groups in total. The van der Waals surface area contributed by atoms with Gasteiger partial charge >= 0.3 is 0 Å². The van der Waals surface area contributed by atoms with Crippen molar-refractivity contribution in [3.05, 3.63) is 124 Å². The third kappa shape index (κ3) is 4.33. The summed E-state index contributed by atoms with van der Waals surface area (Å²) in [5, 5.41) is 2.65. The number of hydrogen-bond donors (Lipinski definition) is 1. The predicted octanol–water partition coefficient (Wildman–Crippen LogP) is 10.3. The Morgan fingerprint density at radius 1 is 0.744 bits per heavy atom. The number of benzene rings is 4. The van der Waals surface area contributed by atoms with E-state index in [1.165, 1.54) is 60.9 Å². The molecular formula is C38H41N. The third-order valence-corrected chi connectivity index (χ3v) is 9.03. The summed E-state index contributed by atoms with van der Waals surface area (Å²) in [6, 6.07) is 29.5. The number of allylic oxidation sites excluding steroid dienone is 4. The molecule has 198 valence electrons. The van der Waals surface area contributed by atoms with Crippen LogP contribution in [0.4, 0.5) is 5.69 Å². The number of nitrogen functional groups attached to an aromatic ring is 1. The number of anilines is 1. The number of rotatable bonds is 3. The average Bonchev–Trinajstić information content (AvgIpc) is 3.42. The van der Waals surface area contributed by atoms with Gasteiger partial charge in [0.15, 0.2) is 0 Å². The molecule has 4 aromatic carbocycles. The number of fused-ring (bicyclic) bond motifs is 4. The molecule has 0 bridgehead atoms. The first-order valence-electron chi connectivity index (χ1n) is 14.4. The lowest BCUT2D eigenvalue weighted by molar-refractivity contribution is 0.494. The number of nitrogens with two attached hydrogens (primary N) is 1. The van der Waals surface area contributed by atoms with E-state index >= 15 is 0 Å². The van der Waals surface area contributed by atoms with Gasteiger partial charge in [0, 0.05) is 17.5 Å². The monoisotopic (exact) mass is 511 g/mol. The quantitative estimate of drug-likeness (QED) is 0.272. The van der Waals surface area contributed by atoms with Crippen molar-refractivity contribution in [2.75, 3.05) is 5.73 Å². The van der Waals surface area contributed by atoms with Gasteiger partial charge in [0.05, 0.1) is 0 Å². The molecule has 0 saturated carbocycles. The highest BCUT2D eigenvalue weighted by Gasteiger charge is 2.40. The van der Waals surface area contributed by atoms with Gasteiger partial charge in [0.25, 0.3) is 0 Å². The van der Waals surface area contributed by atoms with Crippen LogP contribution in [-0.4, -0.2) is 0 Å². The van der Waals surface area contributed by atoms with E-state index in [0.717, 1.165) is 12.1 Å². The van der Waals surface area contributed by atoms with Crippen molar-refractivity contribution < 1.29 is 0 Å². The van der Waals surface area contributed by atoms with E-state index in [9.17, 15) is 0 Å². The first-order valence-corrected chi connectivity index (χ1v) is 14.4. The molecule has 0 spiro atoms. The zero-order valence-electron chi connectivity index (χ0n) is 24.5. The predicted molar refractivity (Wildman–Crippen MR) is 168 cm³/mol. The molecule has 0 aromatic heterocycles. The van der Waals surface area contributed by atoms with Gasteiger partial charge in [0.1, 0.15) is 0 Å². The Bertz CT molecular complexity index is 1660. The van der Waals surface area contributed by atoms with Crippen molar-refractivity contribution in [1.29, 1.82) is 0 Å². The van der Waals surface area contributed by atoms with Gasteiger partial charge in [-0.15, -0.1) is 0 Å². The Kier molecular flexibility index (Phi) is 5.92. The van der Waals surface area contributed by atoms with Crippen molar-refractivity contribution in [1.82, 2.24) is 0 Å². The highest BCUT2D eigenvalue weighted by atomic mass is 14.5. The molecule has 6 rings (SSSR count). The summed E-state index contributed by atoms with van der Waals surface area (Å²) in [4.78, 5) is 0. The molecule has 1 nitrogen and oxygen atoms in total. The Morgan fingerprint density at radius 3 is 2.10 bits per heavy atom. The molecule has 39 heavy (non-hydrogen) atoms. The van der Waals surface area contributed by atoms with E-state index in [1.807, 2.05) is 0 Å². The molecule has 2 aliphatic rings. The second-order valence-electron chi connectivity index (χ2n) is 13.8. The van der Waals surface area contributed by atoms with E-state index < -0.39 is 0 Å². The Hall–Kier alpha value is -3.58. The molecule has 4 aromatic rings. The Morgan fingerprint density at radius 2 is 1.41 bits per heavy atom. The van der Waals surface area contributed by atoms with Crippen LogP contribution in [0.5, 0.6) is 0 Å². The maximum absolute atomic E-state index is 6.41. The minimum absolute atomic E-state index is 0.0809. The zero-order valence-corrected chi connectivity index (χ0v) is 24.5. The molecule has 2 aliphatic carbocycles. The van der Waals surface area contributed by atoms with Gasteiger partial charge in [-0.2, -0.15) is 0 Å². The summed E-state index contributed by atoms with van der Waals surface area (Å²) in [6.07, 6.45) is 3.59. The largest absolute Gasteiger partial charge is 0.399 e. The van der Waals surface area contributed by atoms with E-state index in [0.29, 0.717) is 0 Å². The first kappa shape index (κ1) is 25.7. The third-order valence-electron chi connectivity index (χ3n) is 9.03. The van der Waals surface area contributed by atoms with E-state index in [2.05, 4.69) is 133 Å². The molecule has 0 radical (unpaired) electrons. The minimum Gasteiger partial charge on any atom is -0.399 e. The summed E-state index contributed by atoms with van der Waals surface area (Å²) in [7, 11) is 0. The molecule has 0 amide bonds. The van der Waals surface area contributed by atoms with Crippen LogP contribution in [0, 0.1) is 5.41 Å². The maximum Gasteiger partial charge on any atom is 0.0320 e. The highest BCUT2D eigenvalue weighted by molar-refractivity contribution is 5.89. The summed E-state index contributed by atoms with van der Waals surface area (Å²) in [5.41, 5.74) is 20.2. The van der Waals surface area contributed by atoms with Gasteiger partial charge in [-0.25, -0.2) is 0 Å². The van der Waals surface area contributed by atoms with E-state index in [4.69, 9.17) is 5.73 Å². The number of hydrogen-bond acceptors (Lipinski definition) is 1. The SMILES string of the molecule is CC1=C(C(c2cccc3ccccc23)C2c3ccc(N)cc3-c3cc(C(C)(C)C)ccc32)C=C(C(C)(C)C)C1. The maximum atomic E-state index is 6.41. The summed E-state index contributed by atoms with van der Waals surface area (Å²) in [6.45, 7) is 16.3. The van der Waals surface area contributed by atoms with Crippen molar-refractivity contribution in [2.45, 2.75) is 72.1 Å². The van der Waals surface area contributed by atoms with Crippen LogP contribution in [0.1, 0.15) is 89.0 Å². The summed E-state index contributed by atoms with van der Waals surface area (Å²) < 4.78 is 0. The molecule has 2 unspecified atom stereocenters. The molecule has 2 atom stereocenters. The van der Waals surface area contributed by atoms with Gasteiger partial charge in [-0.3, -0.25) is 0 Å². The average molecular weight is 512 g/mol. The molecule has 0 fully saturated rings. The van der Waals surface area contributed by atoms with Crippen molar-refractivity contribution in [3.8, 4) is 11.1 Å². The fraction of sp³-hybridized carbons (Fsp3) is 0.316. The topological polar surface area (TPSA) is 26.0 Å². The Balaban J connectivity index is 1.66. The lowest BCUT2D eigenvalue weighted by Crippen LogP contribution is -2.15. The van der Waals surface area contributed by atoms with Gasteiger partial charge in [-0.1, -0.05) is 125 Å². The van der Waals surface area contributed by atoms with Gasteiger partial charge in [0.2, 0.25) is 0 Å². The van der Waals surface area contributed by atoms with E-state index in [-0.39, 0.29) is 22.7 Å². The molecule has 0 aliphatic heterocycles. The lowest BCUT2D eigenvalue weighted by Gasteiger charge is -2.30. The van der Waals surface area contributed by atoms with Gasteiger partial charge < -0.3 is 5.73 Å². The van der Waals surface area contributed by atoms with Crippen LogP contribution in [-0.2, 0) is 5.41 Å².